The highest BCUT2D eigenvalue weighted by Crippen LogP contribution is 2.35. The zero-order chi connectivity index (χ0) is 14.7. The van der Waals surface area contributed by atoms with Crippen LogP contribution in [0.25, 0.3) is 0 Å². The maximum Gasteiger partial charge on any atom is 0.194 e. The molecule has 0 amide bonds. The number of rotatable bonds is 6. The van der Waals surface area contributed by atoms with E-state index in [0.29, 0.717) is 12.7 Å². The molecule has 1 aromatic rings. The van der Waals surface area contributed by atoms with Crippen molar-refractivity contribution in [3.05, 3.63) is 29.8 Å². The molecule has 0 aliphatic heterocycles. The summed E-state index contributed by atoms with van der Waals surface area (Å²) in [5.74, 6) is 0.941. The van der Waals surface area contributed by atoms with Crippen LogP contribution in [0.3, 0.4) is 0 Å². The van der Waals surface area contributed by atoms with Crippen LogP contribution in [-0.4, -0.2) is 24.1 Å². The fourth-order valence-electron chi connectivity index (χ4n) is 3.19. The van der Waals surface area contributed by atoms with Crippen molar-refractivity contribution in [3.63, 3.8) is 0 Å². The Balaban J connectivity index is 1.81. The van der Waals surface area contributed by atoms with Crippen molar-refractivity contribution in [1.29, 1.82) is 0 Å². The van der Waals surface area contributed by atoms with Gasteiger partial charge in [-0.1, -0.05) is 31.4 Å². The molecular formula is C18H24O3. The van der Waals surface area contributed by atoms with Crippen molar-refractivity contribution in [2.45, 2.75) is 63.6 Å². The van der Waals surface area contributed by atoms with E-state index in [9.17, 15) is 4.79 Å². The van der Waals surface area contributed by atoms with Gasteiger partial charge in [-0.2, -0.15) is 0 Å². The maximum absolute atomic E-state index is 13.0. The van der Waals surface area contributed by atoms with E-state index in [0.717, 1.165) is 49.8 Å². The minimum Gasteiger partial charge on any atom is -0.490 e. The van der Waals surface area contributed by atoms with E-state index in [4.69, 9.17) is 9.47 Å². The number of carbonyl (C=O) groups excluding carboxylic acids is 1. The van der Waals surface area contributed by atoms with E-state index in [1.165, 1.54) is 6.42 Å². The number of ether oxygens (including phenoxy) is 2. The zero-order valence-corrected chi connectivity index (χ0v) is 12.8. The standard InChI is InChI=1S/C18H24O3/c1-2-20-18(11-4-3-5-12-18)17(19)14-7-6-8-16(13-14)21-15-9-10-15/h6-8,13,15H,2-5,9-12H2,1H3. The third kappa shape index (κ3) is 3.29. The number of carbonyl (C=O) groups is 1. The summed E-state index contributed by atoms with van der Waals surface area (Å²) in [6.07, 6.45) is 7.63. The van der Waals surface area contributed by atoms with Crippen LogP contribution in [0.5, 0.6) is 5.75 Å². The first-order valence-corrected chi connectivity index (χ1v) is 8.19. The Labute approximate surface area is 126 Å². The first kappa shape index (κ1) is 14.6. The van der Waals surface area contributed by atoms with Gasteiger partial charge in [-0.15, -0.1) is 0 Å². The molecule has 0 heterocycles. The molecule has 0 atom stereocenters. The monoisotopic (exact) mass is 288 g/mol. The summed E-state index contributed by atoms with van der Waals surface area (Å²) in [6, 6.07) is 7.62. The molecule has 2 aliphatic rings. The molecule has 21 heavy (non-hydrogen) atoms. The third-order valence-corrected chi connectivity index (χ3v) is 4.42. The minimum atomic E-state index is -0.606. The van der Waals surface area contributed by atoms with Gasteiger partial charge in [-0.3, -0.25) is 4.79 Å². The normalized spacial score (nSPS) is 21.0. The third-order valence-electron chi connectivity index (χ3n) is 4.42. The Bertz CT molecular complexity index is 493. The summed E-state index contributed by atoms with van der Waals surface area (Å²) in [4.78, 5) is 13.0. The molecule has 3 nitrogen and oxygen atoms in total. The molecule has 3 rings (SSSR count). The van der Waals surface area contributed by atoms with Gasteiger partial charge in [0.25, 0.3) is 0 Å². The van der Waals surface area contributed by atoms with Crippen molar-refractivity contribution in [2.24, 2.45) is 0 Å². The Morgan fingerprint density at radius 3 is 2.67 bits per heavy atom. The predicted molar refractivity (Wildman–Crippen MR) is 81.9 cm³/mol. The Hall–Kier alpha value is -1.35. The van der Waals surface area contributed by atoms with E-state index >= 15 is 0 Å². The van der Waals surface area contributed by atoms with E-state index < -0.39 is 5.60 Å². The number of hydrogen-bond acceptors (Lipinski definition) is 3. The number of benzene rings is 1. The van der Waals surface area contributed by atoms with Gasteiger partial charge in [0.2, 0.25) is 0 Å². The smallest absolute Gasteiger partial charge is 0.194 e. The summed E-state index contributed by atoms with van der Waals surface area (Å²) in [5.41, 5.74) is 0.120. The number of hydrogen-bond donors (Lipinski definition) is 0. The van der Waals surface area contributed by atoms with Crippen LogP contribution in [0.15, 0.2) is 24.3 Å². The number of ketones is 1. The highest BCUT2D eigenvalue weighted by Gasteiger charge is 2.40. The van der Waals surface area contributed by atoms with Crippen molar-refractivity contribution >= 4 is 5.78 Å². The molecule has 2 saturated carbocycles. The van der Waals surface area contributed by atoms with E-state index in [-0.39, 0.29) is 5.78 Å². The summed E-state index contributed by atoms with van der Waals surface area (Å²) >= 11 is 0. The van der Waals surface area contributed by atoms with Gasteiger partial charge in [0.1, 0.15) is 11.4 Å². The second-order valence-electron chi connectivity index (χ2n) is 6.16. The Kier molecular flexibility index (Phi) is 4.29. The van der Waals surface area contributed by atoms with Crippen LogP contribution in [0.2, 0.25) is 0 Å². The van der Waals surface area contributed by atoms with Gasteiger partial charge in [0.05, 0.1) is 6.10 Å². The average Bonchev–Trinajstić information content (AvgIpc) is 3.32. The summed E-state index contributed by atoms with van der Waals surface area (Å²) in [6.45, 7) is 2.56. The van der Waals surface area contributed by atoms with Crippen LogP contribution < -0.4 is 4.74 Å². The van der Waals surface area contributed by atoms with Crippen molar-refractivity contribution in [3.8, 4) is 5.75 Å². The quantitative estimate of drug-likeness (QED) is 0.738. The topological polar surface area (TPSA) is 35.5 Å². The molecule has 0 radical (unpaired) electrons. The molecule has 3 heteroatoms. The van der Waals surface area contributed by atoms with E-state index in [1.54, 1.807) is 0 Å². The van der Waals surface area contributed by atoms with Gasteiger partial charge in [-0.25, -0.2) is 0 Å². The van der Waals surface area contributed by atoms with Crippen LogP contribution in [0, 0.1) is 0 Å². The van der Waals surface area contributed by atoms with Crippen molar-refractivity contribution < 1.29 is 14.3 Å². The SMILES string of the molecule is CCOC1(C(=O)c2cccc(OC3CC3)c2)CCCCC1. The van der Waals surface area contributed by atoms with Gasteiger partial charge in [0, 0.05) is 12.2 Å². The molecular weight excluding hydrogens is 264 g/mol. The minimum absolute atomic E-state index is 0.130. The summed E-state index contributed by atoms with van der Waals surface area (Å²) in [5, 5.41) is 0. The molecule has 0 bridgehead atoms. The van der Waals surface area contributed by atoms with Crippen LogP contribution in [0.1, 0.15) is 62.2 Å². The largest absolute Gasteiger partial charge is 0.490 e. The van der Waals surface area contributed by atoms with Gasteiger partial charge >= 0.3 is 0 Å². The Morgan fingerprint density at radius 1 is 1.24 bits per heavy atom. The van der Waals surface area contributed by atoms with Gasteiger partial charge in [-0.05, 0) is 44.7 Å². The second kappa shape index (κ2) is 6.18. The molecule has 2 fully saturated rings. The lowest BCUT2D eigenvalue weighted by Gasteiger charge is -2.35. The fraction of sp³-hybridized carbons (Fsp3) is 0.611. The second-order valence-corrected chi connectivity index (χ2v) is 6.16. The fourth-order valence-corrected chi connectivity index (χ4v) is 3.19. The molecule has 0 saturated heterocycles. The molecule has 0 unspecified atom stereocenters. The van der Waals surface area contributed by atoms with Crippen molar-refractivity contribution in [2.75, 3.05) is 6.61 Å². The first-order chi connectivity index (χ1) is 10.2. The highest BCUT2D eigenvalue weighted by atomic mass is 16.5. The van der Waals surface area contributed by atoms with Crippen LogP contribution in [0.4, 0.5) is 0 Å². The average molecular weight is 288 g/mol. The van der Waals surface area contributed by atoms with Gasteiger partial charge < -0.3 is 9.47 Å². The zero-order valence-electron chi connectivity index (χ0n) is 12.8. The summed E-state index contributed by atoms with van der Waals surface area (Å²) in [7, 11) is 0. The molecule has 1 aromatic carbocycles. The lowest BCUT2D eigenvalue weighted by Crippen LogP contribution is -2.43. The maximum atomic E-state index is 13.0. The van der Waals surface area contributed by atoms with Crippen molar-refractivity contribution in [1.82, 2.24) is 0 Å². The predicted octanol–water partition coefficient (Wildman–Crippen LogP) is 4.15. The van der Waals surface area contributed by atoms with Crippen LogP contribution >= 0.6 is 0 Å². The van der Waals surface area contributed by atoms with E-state index in [1.807, 2.05) is 31.2 Å². The van der Waals surface area contributed by atoms with Crippen LogP contribution in [-0.2, 0) is 4.74 Å². The first-order valence-electron chi connectivity index (χ1n) is 8.19. The molecule has 114 valence electrons. The molecule has 0 aromatic heterocycles. The molecule has 0 N–H and O–H groups in total. The Morgan fingerprint density at radius 2 is 2.00 bits per heavy atom. The van der Waals surface area contributed by atoms with E-state index in [2.05, 4.69) is 0 Å². The molecule has 2 aliphatic carbocycles. The van der Waals surface area contributed by atoms with Gasteiger partial charge in [0.15, 0.2) is 5.78 Å². The molecule has 0 spiro atoms. The summed E-state index contributed by atoms with van der Waals surface area (Å²) < 4.78 is 11.7. The lowest BCUT2D eigenvalue weighted by atomic mass is 9.79. The number of Topliss-reactive ketones (excluding diaryl/α,β-unsaturated/α-hetero) is 1. The highest BCUT2D eigenvalue weighted by molar-refractivity contribution is 6.02. The lowest BCUT2D eigenvalue weighted by molar-refractivity contribution is -0.0411.